The highest BCUT2D eigenvalue weighted by Gasteiger charge is 2.45. The van der Waals surface area contributed by atoms with Gasteiger partial charge in [-0.25, -0.2) is 0 Å². The van der Waals surface area contributed by atoms with Crippen LogP contribution >= 0.6 is 15.9 Å². The van der Waals surface area contributed by atoms with Crippen molar-refractivity contribution in [3.05, 3.63) is 52.5 Å². The van der Waals surface area contributed by atoms with Crippen molar-refractivity contribution in [2.45, 2.75) is 18.3 Å². The van der Waals surface area contributed by atoms with Crippen molar-refractivity contribution in [3.63, 3.8) is 0 Å². The van der Waals surface area contributed by atoms with E-state index >= 15 is 0 Å². The standard InChI is InChI=1S/C19H22BrN3O2/c1-24-13-7-8-17(25-2)16(11-13)23-18(21)22-12-19(9-10-19)14-5-3-4-6-15(14)20/h3-8,11H,9-10,12H2,1-2H3,(H3,21,22,23). The molecule has 5 nitrogen and oxygen atoms in total. The molecule has 1 saturated carbocycles. The molecule has 3 rings (SSSR count). The van der Waals surface area contributed by atoms with Gasteiger partial charge < -0.3 is 20.5 Å². The number of halogens is 1. The molecule has 0 aromatic heterocycles. The van der Waals surface area contributed by atoms with Crippen LogP contribution in [0.15, 0.2) is 51.9 Å². The Bertz CT molecular complexity index is 788. The van der Waals surface area contributed by atoms with Crippen LogP contribution in [0.5, 0.6) is 11.5 Å². The molecule has 0 aliphatic heterocycles. The third-order valence-corrected chi connectivity index (χ3v) is 5.21. The number of anilines is 1. The monoisotopic (exact) mass is 403 g/mol. The van der Waals surface area contributed by atoms with E-state index in [0.717, 1.165) is 28.8 Å². The minimum absolute atomic E-state index is 0.0882. The molecular formula is C19H22BrN3O2. The zero-order valence-corrected chi connectivity index (χ0v) is 16.0. The number of benzene rings is 2. The number of nitrogens with two attached hydrogens (primary N) is 1. The van der Waals surface area contributed by atoms with Crippen LogP contribution in [0.3, 0.4) is 0 Å². The maximum atomic E-state index is 6.10. The predicted molar refractivity (Wildman–Crippen MR) is 105 cm³/mol. The summed E-state index contributed by atoms with van der Waals surface area (Å²) in [5, 5.41) is 3.11. The summed E-state index contributed by atoms with van der Waals surface area (Å²) in [6.45, 7) is 0.654. The van der Waals surface area contributed by atoms with Crippen molar-refractivity contribution in [1.82, 2.24) is 0 Å². The number of nitrogens with zero attached hydrogens (tertiary/aromatic N) is 1. The summed E-state index contributed by atoms with van der Waals surface area (Å²) in [4.78, 5) is 4.57. The topological polar surface area (TPSA) is 68.9 Å². The molecule has 0 unspecified atom stereocenters. The lowest BCUT2D eigenvalue weighted by atomic mass is 9.96. The molecule has 0 atom stereocenters. The number of hydrogen-bond donors (Lipinski definition) is 2. The van der Waals surface area contributed by atoms with Crippen LogP contribution in [0.4, 0.5) is 5.69 Å². The minimum Gasteiger partial charge on any atom is -0.497 e. The molecule has 2 aromatic rings. The second-order valence-electron chi connectivity index (χ2n) is 6.15. The molecule has 1 aliphatic carbocycles. The van der Waals surface area contributed by atoms with E-state index in [9.17, 15) is 0 Å². The Morgan fingerprint density at radius 3 is 2.60 bits per heavy atom. The van der Waals surface area contributed by atoms with Gasteiger partial charge in [0.2, 0.25) is 0 Å². The van der Waals surface area contributed by atoms with E-state index in [1.807, 2.05) is 24.3 Å². The third kappa shape index (κ3) is 3.90. The average Bonchev–Trinajstić information content (AvgIpc) is 3.41. The molecule has 0 radical (unpaired) electrons. The van der Waals surface area contributed by atoms with Crippen LogP contribution in [0.2, 0.25) is 0 Å². The van der Waals surface area contributed by atoms with Crippen LogP contribution in [0, 0.1) is 0 Å². The fourth-order valence-corrected chi connectivity index (χ4v) is 3.59. The van der Waals surface area contributed by atoms with Crippen molar-refractivity contribution in [2.75, 3.05) is 26.1 Å². The van der Waals surface area contributed by atoms with Gasteiger partial charge in [-0.3, -0.25) is 4.99 Å². The molecule has 132 valence electrons. The highest BCUT2D eigenvalue weighted by Crippen LogP contribution is 2.50. The summed E-state index contributed by atoms with van der Waals surface area (Å²) in [6, 6.07) is 13.8. The Labute approximate surface area is 156 Å². The predicted octanol–water partition coefficient (Wildman–Crippen LogP) is 3.92. The molecule has 0 heterocycles. The molecule has 0 saturated heterocycles. The summed E-state index contributed by atoms with van der Waals surface area (Å²) in [5.41, 5.74) is 8.22. The first kappa shape index (κ1) is 17.6. The van der Waals surface area contributed by atoms with Gasteiger partial charge in [0, 0.05) is 16.0 Å². The quantitative estimate of drug-likeness (QED) is 0.566. The first-order valence-corrected chi connectivity index (χ1v) is 8.91. The number of methoxy groups -OCH3 is 2. The van der Waals surface area contributed by atoms with Crippen molar-refractivity contribution in [1.29, 1.82) is 0 Å². The Morgan fingerprint density at radius 2 is 1.96 bits per heavy atom. The second kappa shape index (κ2) is 7.35. The van der Waals surface area contributed by atoms with E-state index in [2.05, 4.69) is 44.4 Å². The molecule has 25 heavy (non-hydrogen) atoms. The lowest BCUT2D eigenvalue weighted by Crippen LogP contribution is -2.25. The van der Waals surface area contributed by atoms with Crippen molar-refractivity contribution in [3.8, 4) is 11.5 Å². The number of guanidine groups is 1. The lowest BCUT2D eigenvalue weighted by molar-refractivity contribution is 0.405. The van der Waals surface area contributed by atoms with E-state index in [1.54, 1.807) is 14.2 Å². The van der Waals surface area contributed by atoms with Gasteiger partial charge >= 0.3 is 0 Å². The first-order chi connectivity index (χ1) is 12.1. The van der Waals surface area contributed by atoms with Gasteiger partial charge in [-0.05, 0) is 36.6 Å². The zero-order valence-electron chi connectivity index (χ0n) is 14.4. The number of hydrogen-bond acceptors (Lipinski definition) is 3. The number of nitrogens with one attached hydrogen (secondary N) is 1. The van der Waals surface area contributed by atoms with Gasteiger partial charge in [0.25, 0.3) is 0 Å². The second-order valence-corrected chi connectivity index (χ2v) is 7.01. The van der Waals surface area contributed by atoms with Crippen LogP contribution in [0.25, 0.3) is 0 Å². The Hall–Kier alpha value is -2.21. The van der Waals surface area contributed by atoms with Crippen LogP contribution < -0.4 is 20.5 Å². The summed E-state index contributed by atoms with van der Waals surface area (Å²) in [5.74, 6) is 1.78. The summed E-state index contributed by atoms with van der Waals surface area (Å²) >= 11 is 3.64. The molecule has 0 bridgehead atoms. The molecule has 6 heteroatoms. The zero-order chi connectivity index (χ0) is 17.9. The minimum atomic E-state index is 0.0882. The molecule has 1 aliphatic rings. The fourth-order valence-electron chi connectivity index (χ4n) is 2.88. The van der Waals surface area contributed by atoms with Crippen LogP contribution in [-0.4, -0.2) is 26.7 Å². The van der Waals surface area contributed by atoms with E-state index in [1.165, 1.54) is 5.56 Å². The van der Waals surface area contributed by atoms with Crippen molar-refractivity contribution >= 4 is 27.6 Å². The third-order valence-electron chi connectivity index (χ3n) is 4.52. The van der Waals surface area contributed by atoms with Crippen LogP contribution in [-0.2, 0) is 5.41 Å². The molecule has 3 N–H and O–H groups in total. The number of aliphatic imine (C=N–C) groups is 1. The molecule has 2 aromatic carbocycles. The molecular weight excluding hydrogens is 382 g/mol. The van der Waals surface area contributed by atoms with Crippen molar-refractivity contribution < 1.29 is 9.47 Å². The number of rotatable bonds is 6. The van der Waals surface area contributed by atoms with E-state index < -0.39 is 0 Å². The highest BCUT2D eigenvalue weighted by molar-refractivity contribution is 9.10. The van der Waals surface area contributed by atoms with Gasteiger partial charge in [0.15, 0.2) is 5.96 Å². The summed E-state index contributed by atoms with van der Waals surface area (Å²) in [6.07, 6.45) is 2.24. The fraction of sp³-hybridized carbons (Fsp3) is 0.316. The maximum absolute atomic E-state index is 6.10. The number of ether oxygens (including phenoxy) is 2. The van der Waals surface area contributed by atoms with Gasteiger partial charge in [0.1, 0.15) is 11.5 Å². The maximum Gasteiger partial charge on any atom is 0.193 e. The van der Waals surface area contributed by atoms with Gasteiger partial charge in [-0.2, -0.15) is 0 Å². The molecule has 0 amide bonds. The molecule has 0 spiro atoms. The average molecular weight is 404 g/mol. The molecule has 1 fully saturated rings. The van der Waals surface area contributed by atoms with Gasteiger partial charge in [-0.15, -0.1) is 0 Å². The SMILES string of the molecule is COc1ccc(OC)c(NC(N)=NCC2(c3ccccc3Br)CC2)c1. The lowest BCUT2D eigenvalue weighted by Gasteiger charge is -2.16. The summed E-state index contributed by atoms with van der Waals surface area (Å²) in [7, 11) is 3.24. The smallest absolute Gasteiger partial charge is 0.193 e. The Morgan fingerprint density at radius 1 is 1.20 bits per heavy atom. The van der Waals surface area contributed by atoms with E-state index in [0.29, 0.717) is 18.3 Å². The highest BCUT2D eigenvalue weighted by atomic mass is 79.9. The van der Waals surface area contributed by atoms with Crippen LogP contribution in [0.1, 0.15) is 18.4 Å². The Balaban J connectivity index is 1.74. The summed E-state index contributed by atoms with van der Waals surface area (Å²) < 4.78 is 11.7. The van der Waals surface area contributed by atoms with Gasteiger partial charge in [-0.1, -0.05) is 34.1 Å². The van der Waals surface area contributed by atoms with Gasteiger partial charge in [0.05, 0.1) is 26.5 Å². The van der Waals surface area contributed by atoms with E-state index in [4.69, 9.17) is 15.2 Å². The normalized spacial score (nSPS) is 15.6. The van der Waals surface area contributed by atoms with Crippen molar-refractivity contribution in [2.24, 2.45) is 10.7 Å². The largest absolute Gasteiger partial charge is 0.497 e. The Kier molecular flexibility index (Phi) is 5.18. The van der Waals surface area contributed by atoms with E-state index in [-0.39, 0.29) is 5.41 Å². The first-order valence-electron chi connectivity index (χ1n) is 8.12.